The summed E-state index contributed by atoms with van der Waals surface area (Å²) in [6.07, 6.45) is -7.23. The molecule has 232 valence electrons. The van der Waals surface area contributed by atoms with Crippen molar-refractivity contribution in [1.82, 2.24) is 34.1 Å². The Labute approximate surface area is 248 Å². The smallest absolute Gasteiger partial charge is 0.382 e. The van der Waals surface area contributed by atoms with Crippen LogP contribution in [0, 0.1) is 11.8 Å². The molecule has 0 bridgehead atoms. The summed E-state index contributed by atoms with van der Waals surface area (Å²) in [5, 5.41) is 18.3. The van der Waals surface area contributed by atoms with Crippen molar-refractivity contribution in [2.45, 2.75) is 44.1 Å². The number of Topliss-reactive ketones (excluding diaryl/α,β-unsaturated/α-hetero) is 1. The van der Waals surface area contributed by atoms with Gasteiger partial charge in [0.1, 0.15) is 18.6 Å². The van der Waals surface area contributed by atoms with Crippen molar-refractivity contribution in [2.75, 3.05) is 0 Å². The SMILES string of the molecule is NC(=O)[C@@H]1CC(F)(F)CC1C(=O)c1ncccc1-n1cnc(Cn2nc(-c3ccc(Cl)cc3)n(C[C@H](O)C(F)(F)F)c2=O)n1. The summed E-state index contributed by atoms with van der Waals surface area (Å²) in [7, 11) is 0. The molecule has 0 radical (unpaired) electrons. The maximum Gasteiger partial charge on any atom is 0.416 e. The van der Waals surface area contributed by atoms with Crippen molar-refractivity contribution < 1.29 is 36.6 Å². The van der Waals surface area contributed by atoms with E-state index in [0.29, 0.717) is 9.59 Å². The van der Waals surface area contributed by atoms with Crippen molar-refractivity contribution in [1.29, 1.82) is 0 Å². The zero-order chi connectivity index (χ0) is 32.0. The van der Waals surface area contributed by atoms with E-state index in [4.69, 9.17) is 17.3 Å². The molecule has 18 heteroatoms. The summed E-state index contributed by atoms with van der Waals surface area (Å²) >= 11 is 5.90. The number of hydrogen-bond donors (Lipinski definition) is 2. The second-order valence-electron chi connectivity index (χ2n) is 10.2. The number of aliphatic hydroxyl groups is 1. The minimum Gasteiger partial charge on any atom is -0.382 e. The van der Waals surface area contributed by atoms with Crippen LogP contribution in [0.2, 0.25) is 5.02 Å². The number of aliphatic hydroxyl groups excluding tert-OH is 1. The predicted octanol–water partition coefficient (Wildman–Crippen LogP) is 2.64. The number of rotatable bonds is 9. The van der Waals surface area contributed by atoms with E-state index in [2.05, 4.69) is 20.2 Å². The number of primary amides is 1. The Morgan fingerprint density at radius 3 is 2.43 bits per heavy atom. The van der Waals surface area contributed by atoms with Gasteiger partial charge < -0.3 is 10.8 Å². The maximum absolute atomic E-state index is 14.1. The lowest BCUT2D eigenvalue weighted by molar-refractivity contribution is -0.207. The Morgan fingerprint density at radius 2 is 1.77 bits per heavy atom. The van der Waals surface area contributed by atoms with Gasteiger partial charge in [-0.05, 0) is 36.4 Å². The minimum atomic E-state index is -5.01. The van der Waals surface area contributed by atoms with Crippen LogP contribution in [0.4, 0.5) is 22.0 Å². The largest absolute Gasteiger partial charge is 0.416 e. The molecule has 1 amide bonds. The normalized spacial score (nSPS) is 18.8. The minimum absolute atomic E-state index is 0.0303. The monoisotopic (exact) mass is 640 g/mol. The number of ketones is 1. The van der Waals surface area contributed by atoms with E-state index in [0.717, 1.165) is 15.7 Å². The number of pyridine rings is 1. The highest BCUT2D eigenvalue weighted by molar-refractivity contribution is 6.30. The molecule has 1 fully saturated rings. The Hall–Kier alpha value is -4.51. The first-order valence-corrected chi connectivity index (χ1v) is 13.3. The average molecular weight is 641 g/mol. The van der Waals surface area contributed by atoms with Gasteiger partial charge in [0.25, 0.3) is 0 Å². The van der Waals surface area contributed by atoms with E-state index in [1.807, 2.05) is 0 Å². The maximum atomic E-state index is 14.1. The molecule has 1 aliphatic rings. The summed E-state index contributed by atoms with van der Waals surface area (Å²) in [4.78, 5) is 46.4. The van der Waals surface area contributed by atoms with E-state index in [-0.39, 0.29) is 28.6 Å². The summed E-state index contributed by atoms with van der Waals surface area (Å²) in [5.41, 5.74) is 4.27. The molecule has 1 unspecified atom stereocenters. The number of carbonyl (C=O) groups excluding carboxylic acids is 2. The zero-order valence-corrected chi connectivity index (χ0v) is 23.1. The molecule has 1 saturated carbocycles. The number of nitrogens with zero attached hydrogens (tertiary/aromatic N) is 7. The highest BCUT2D eigenvalue weighted by Gasteiger charge is 2.52. The number of halogens is 6. The first-order valence-electron chi connectivity index (χ1n) is 12.9. The molecule has 44 heavy (non-hydrogen) atoms. The van der Waals surface area contributed by atoms with Crippen molar-refractivity contribution in [2.24, 2.45) is 17.6 Å². The van der Waals surface area contributed by atoms with E-state index < -0.39 is 73.3 Å². The van der Waals surface area contributed by atoms with Gasteiger partial charge in [-0.1, -0.05) is 11.6 Å². The zero-order valence-electron chi connectivity index (χ0n) is 22.3. The van der Waals surface area contributed by atoms with Gasteiger partial charge in [0.05, 0.1) is 18.2 Å². The topological polar surface area (TPSA) is 164 Å². The fourth-order valence-corrected chi connectivity index (χ4v) is 5.08. The van der Waals surface area contributed by atoms with Crippen LogP contribution in [-0.4, -0.2) is 69.1 Å². The molecule has 4 aromatic rings. The molecule has 3 atom stereocenters. The number of hydrogen-bond acceptors (Lipinski definition) is 8. The van der Waals surface area contributed by atoms with E-state index in [1.165, 1.54) is 42.6 Å². The summed E-state index contributed by atoms with van der Waals surface area (Å²) < 4.78 is 70.2. The molecular weight excluding hydrogens is 619 g/mol. The molecule has 5 rings (SSSR count). The fraction of sp³-hybridized carbons (Fsp3) is 0.346. The third kappa shape index (κ3) is 6.23. The van der Waals surface area contributed by atoms with Gasteiger partial charge in [0.15, 0.2) is 23.5 Å². The van der Waals surface area contributed by atoms with Crippen LogP contribution in [0.25, 0.3) is 17.1 Å². The second-order valence-corrected chi connectivity index (χ2v) is 10.6. The summed E-state index contributed by atoms with van der Waals surface area (Å²) in [6.45, 7) is -1.58. The second kappa shape index (κ2) is 11.5. The Bertz CT molecular complexity index is 1770. The quantitative estimate of drug-likeness (QED) is 0.208. The standard InChI is InChI=1S/C26H22ClF5N8O4/c27-14-5-3-13(4-6-14)23-37-39(24(44)38(23)10-18(41)26(30,31)32)11-19-35-12-40(36-19)17-2-1-7-34-20(17)21(42)15-8-25(28,29)9-16(15)22(33)43/h1-7,12,15-16,18,41H,8-11H2,(H2,33,43)/t15?,16-,18+/m1/s1. The molecule has 0 aliphatic heterocycles. The van der Waals surface area contributed by atoms with Crippen LogP contribution in [0.15, 0.2) is 53.7 Å². The molecule has 3 N–H and O–H groups in total. The molecular formula is C26H22ClF5N8O4. The molecule has 1 aliphatic carbocycles. The van der Waals surface area contributed by atoms with E-state index in [9.17, 15) is 41.4 Å². The van der Waals surface area contributed by atoms with Gasteiger partial charge in [0.2, 0.25) is 11.8 Å². The Kier molecular flexibility index (Phi) is 8.11. The average Bonchev–Trinajstić information content (AvgIpc) is 3.65. The van der Waals surface area contributed by atoms with Gasteiger partial charge in [-0.25, -0.2) is 27.9 Å². The van der Waals surface area contributed by atoms with Gasteiger partial charge in [-0.2, -0.15) is 13.2 Å². The lowest BCUT2D eigenvalue weighted by Gasteiger charge is -2.15. The summed E-state index contributed by atoms with van der Waals surface area (Å²) in [5.74, 6) is -8.22. The van der Waals surface area contributed by atoms with E-state index in [1.54, 1.807) is 0 Å². The van der Waals surface area contributed by atoms with Gasteiger partial charge >= 0.3 is 11.9 Å². The van der Waals surface area contributed by atoms with Crippen molar-refractivity contribution in [3.63, 3.8) is 0 Å². The molecule has 12 nitrogen and oxygen atoms in total. The number of benzene rings is 1. The van der Waals surface area contributed by atoms with Crippen LogP contribution >= 0.6 is 11.6 Å². The third-order valence-electron chi connectivity index (χ3n) is 7.08. The van der Waals surface area contributed by atoms with Gasteiger partial charge in [-0.15, -0.1) is 10.2 Å². The first-order chi connectivity index (χ1) is 20.6. The lowest BCUT2D eigenvalue weighted by atomic mass is 9.89. The molecule has 3 heterocycles. The van der Waals surface area contributed by atoms with E-state index >= 15 is 0 Å². The fourth-order valence-electron chi connectivity index (χ4n) is 4.95. The van der Waals surface area contributed by atoms with Gasteiger partial charge in [0, 0.05) is 35.5 Å². The molecule has 3 aromatic heterocycles. The molecule has 0 spiro atoms. The molecule has 1 aromatic carbocycles. The highest BCUT2D eigenvalue weighted by atomic mass is 35.5. The van der Waals surface area contributed by atoms with Crippen LogP contribution in [0.3, 0.4) is 0 Å². The summed E-state index contributed by atoms with van der Waals surface area (Å²) in [6, 6.07) is 8.60. The Morgan fingerprint density at radius 1 is 1.09 bits per heavy atom. The molecule has 0 saturated heterocycles. The number of alkyl halides is 5. The van der Waals surface area contributed by atoms with Crippen LogP contribution in [-0.2, 0) is 17.9 Å². The lowest BCUT2D eigenvalue weighted by Crippen LogP contribution is -2.37. The van der Waals surface area contributed by atoms with Crippen LogP contribution in [0.1, 0.15) is 29.2 Å². The number of carbonyl (C=O) groups is 2. The number of amides is 1. The Balaban J connectivity index is 1.46. The van der Waals surface area contributed by atoms with Crippen LogP contribution in [0.5, 0.6) is 0 Å². The number of aromatic nitrogens is 7. The third-order valence-corrected chi connectivity index (χ3v) is 7.33. The van der Waals surface area contributed by atoms with Crippen molar-refractivity contribution in [3.8, 4) is 17.1 Å². The van der Waals surface area contributed by atoms with Gasteiger partial charge in [-0.3, -0.25) is 19.1 Å². The van der Waals surface area contributed by atoms with Crippen molar-refractivity contribution in [3.05, 3.63) is 75.9 Å². The van der Waals surface area contributed by atoms with Crippen LogP contribution < -0.4 is 11.4 Å². The highest BCUT2D eigenvalue weighted by Crippen LogP contribution is 2.44. The van der Waals surface area contributed by atoms with Crippen molar-refractivity contribution >= 4 is 23.3 Å². The number of nitrogens with two attached hydrogens (primary N) is 1. The predicted molar refractivity (Wildman–Crippen MR) is 142 cm³/mol. The first kappa shape index (κ1) is 30.9.